The summed E-state index contributed by atoms with van der Waals surface area (Å²) in [5.41, 5.74) is 0. The fourth-order valence-corrected chi connectivity index (χ4v) is 0. The van der Waals surface area contributed by atoms with Gasteiger partial charge in [-0.2, -0.15) is 0 Å². The number of aliphatic carboxylic acids is 1. The number of hydrogen-bond donors (Lipinski definition) is 2. The smallest absolute Gasteiger partial charge is 0.300 e. The number of aliphatic hydroxyl groups is 1. The molecule has 0 bridgehead atoms. The van der Waals surface area contributed by atoms with Gasteiger partial charge in [-0.1, -0.05) is 22.9 Å². The van der Waals surface area contributed by atoms with Crippen molar-refractivity contribution < 1.29 is 15.0 Å². The Morgan fingerprint density at radius 2 is 1.89 bits per heavy atom. The van der Waals surface area contributed by atoms with E-state index in [0.717, 1.165) is 6.92 Å². The lowest BCUT2D eigenvalue weighted by atomic mass is 10.5. The molecule has 2 N–H and O–H groups in total. The zero-order valence-corrected chi connectivity index (χ0v) is 7.05. The van der Waals surface area contributed by atoms with Crippen LogP contribution in [0.25, 0.3) is 0 Å². The molecule has 0 aliphatic heterocycles. The van der Waals surface area contributed by atoms with Crippen molar-refractivity contribution in [2.24, 2.45) is 0 Å². The molecule has 3 nitrogen and oxygen atoms in total. The maximum atomic E-state index is 9.00. The summed E-state index contributed by atoms with van der Waals surface area (Å²) in [6.07, 6.45) is 0. The maximum Gasteiger partial charge on any atom is 0.300 e. The lowest BCUT2D eigenvalue weighted by molar-refractivity contribution is -0.134. The van der Waals surface area contributed by atoms with Crippen LogP contribution >= 0.6 is 15.9 Å². The second-order valence-corrected chi connectivity index (χ2v) is 3.05. The van der Waals surface area contributed by atoms with Gasteiger partial charge in [-0.25, -0.2) is 0 Å². The lowest BCUT2D eigenvalue weighted by Crippen LogP contribution is -1.93. The van der Waals surface area contributed by atoms with Crippen molar-refractivity contribution in [2.45, 2.75) is 18.7 Å². The molecule has 1 unspecified atom stereocenters. The summed E-state index contributed by atoms with van der Waals surface area (Å²) >= 11 is 3.12. The van der Waals surface area contributed by atoms with E-state index in [1.165, 1.54) is 0 Å². The molecule has 0 rings (SSSR count). The zero-order valence-electron chi connectivity index (χ0n) is 5.47. The number of alkyl halides is 1. The lowest BCUT2D eigenvalue weighted by Gasteiger charge is -1.87. The fraction of sp³-hybridized carbons (Fsp3) is 0.800. The Morgan fingerprint density at radius 3 is 1.89 bits per heavy atom. The summed E-state index contributed by atoms with van der Waals surface area (Å²) in [5, 5.41) is 15.5. The summed E-state index contributed by atoms with van der Waals surface area (Å²) in [6.45, 7) is 3.19. The first-order chi connectivity index (χ1) is 4.00. The monoisotopic (exact) mass is 198 g/mol. The molecule has 0 aromatic carbocycles. The molecule has 56 valence electrons. The van der Waals surface area contributed by atoms with Crippen LogP contribution in [0.3, 0.4) is 0 Å². The molecule has 0 fully saturated rings. The van der Waals surface area contributed by atoms with E-state index in [2.05, 4.69) is 15.9 Å². The molecule has 0 aromatic rings. The van der Waals surface area contributed by atoms with Gasteiger partial charge in [0.25, 0.3) is 5.97 Å². The minimum atomic E-state index is -0.833. The van der Waals surface area contributed by atoms with Crippen LogP contribution in [-0.2, 0) is 4.79 Å². The molecule has 9 heavy (non-hydrogen) atoms. The van der Waals surface area contributed by atoms with Gasteiger partial charge in [0.1, 0.15) is 0 Å². The SMILES string of the molecule is CC(=O)O.CC(Br)CO. The van der Waals surface area contributed by atoms with Crippen LogP contribution in [0.5, 0.6) is 0 Å². The predicted octanol–water partition coefficient (Wildman–Crippen LogP) is 0.853. The second-order valence-electron chi connectivity index (χ2n) is 1.48. The van der Waals surface area contributed by atoms with Crippen LogP contribution in [0.2, 0.25) is 0 Å². The standard InChI is InChI=1S/C3H7BrO.C2H4O2/c1-3(4)2-5;1-2(3)4/h3,5H,2H2,1H3;1H3,(H,3,4). The van der Waals surface area contributed by atoms with Crippen molar-refractivity contribution in [3.8, 4) is 0 Å². The maximum absolute atomic E-state index is 9.00. The Balaban J connectivity index is 0. The predicted molar refractivity (Wildman–Crippen MR) is 38.8 cm³/mol. The Morgan fingerprint density at radius 1 is 1.78 bits per heavy atom. The van der Waals surface area contributed by atoms with Gasteiger partial charge >= 0.3 is 0 Å². The van der Waals surface area contributed by atoms with Gasteiger partial charge in [-0.15, -0.1) is 0 Å². The van der Waals surface area contributed by atoms with E-state index in [1.807, 2.05) is 6.92 Å². The minimum absolute atomic E-state index is 0.222. The van der Waals surface area contributed by atoms with E-state index in [-0.39, 0.29) is 11.4 Å². The first kappa shape index (κ1) is 11.7. The number of hydrogen-bond acceptors (Lipinski definition) is 2. The largest absolute Gasteiger partial charge is 0.481 e. The number of carboxylic acid groups (broad SMARTS) is 1. The van der Waals surface area contributed by atoms with Crippen molar-refractivity contribution in [2.75, 3.05) is 6.61 Å². The highest BCUT2D eigenvalue weighted by Gasteiger charge is 1.84. The van der Waals surface area contributed by atoms with E-state index < -0.39 is 5.97 Å². The summed E-state index contributed by atoms with van der Waals surface area (Å²) in [6, 6.07) is 0. The highest BCUT2D eigenvalue weighted by Crippen LogP contribution is 1.91. The molecular formula is C5H11BrO3. The number of halogens is 1. The molecule has 0 aromatic heterocycles. The van der Waals surface area contributed by atoms with Gasteiger partial charge in [-0.3, -0.25) is 4.79 Å². The molecule has 4 heteroatoms. The molecule has 0 spiro atoms. The van der Waals surface area contributed by atoms with Crippen molar-refractivity contribution in [3.05, 3.63) is 0 Å². The van der Waals surface area contributed by atoms with Crippen LogP contribution in [-0.4, -0.2) is 27.6 Å². The van der Waals surface area contributed by atoms with E-state index in [0.29, 0.717) is 0 Å². The van der Waals surface area contributed by atoms with E-state index >= 15 is 0 Å². The van der Waals surface area contributed by atoms with Crippen LogP contribution in [0.1, 0.15) is 13.8 Å². The highest BCUT2D eigenvalue weighted by atomic mass is 79.9. The Kier molecular flexibility index (Phi) is 10.3. The van der Waals surface area contributed by atoms with Crippen LogP contribution in [0, 0.1) is 0 Å². The number of carboxylic acids is 1. The van der Waals surface area contributed by atoms with E-state index in [4.69, 9.17) is 15.0 Å². The quantitative estimate of drug-likeness (QED) is 0.615. The molecular weight excluding hydrogens is 188 g/mol. The highest BCUT2D eigenvalue weighted by molar-refractivity contribution is 9.09. The van der Waals surface area contributed by atoms with Crippen LogP contribution < -0.4 is 0 Å². The minimum Gasteiger partial charge on any atom is -0.481 e. The Bertz CT molecular complexity index is 68.6. The number of aliphatic hydroxyl groups excluding tert-OH is 1. The molecule has 0 saturated heterocycles. The van der Waals surface area contributed by atoms with Crippen LogP contribution in [0.15, 0.2) is 0 Å². The van der Waals surface area contributed by atoms with E-state index in [1.54, 1.807) is 0 Å². The van der Waals surface area contributed by atoms with Gasteiger partial charge in [0.05, 0.1) is 6.61 Å². The average molecular weight is 199 g/mol. The molecule has 0 aliphatic carbocycles. The molecule has 0 amide bonds. The Hall–Kier alpha value is -0.0900. The normalized spacial score (nSPS) is 11.1. The molecule has 1 atom stereocenters. The van der Waals surface area contributed by atoms with Gasteiger partial charge in [0, 0.05) is 11.8 Å². The summed E-state index contributed by atoms with van der Waals surface area (Å²) in [5.74, 6) is -0.833. The Labute approximate surface area is 62.8 Å². The first-order valence-electron chi connectivity index (χ1n) is 2.45. The number of rotatable bonds is 1. The van der Waals surface area contributed by atoms with E-state index in [9.17, 15) is 0 Å². The van der Waals surface area contributed by atoms with Gasteiger partial charge in [0.2, 0.25) is 0 Å². The zero-order chi connectivity index (χ0) is 7.86. The second kappa shape index (κ2) is 7.91. The number of carbonyl (C=O) groups is 1. The molecule has 0 saturated carbocycles. The van der Waals surface area contributed by atoms with Crippen molar-refractivity contribution in [3.63, 3.8) is 0 Å². The summed E-state index contributed by atoms with van der Waals surface area (Å²) in [4.78, 5) is 9.25. The van der Waals surface area contributed by atoms with Crippen molar-refractivity contribution in [1.29, 1.82) is 0 Å². The molecule has 0 radical (unpaired) electrons. The van der Waals surface area contributed by atoms with Gasteiger partial charge in [0.15, 0.2) is 0 Å². The van der Waals surface area contributed by atoms with Gasteiger partial charge < -0.3 is 10.2 Å². The summed E-state index contributed by atoms with van der Waals surface area (Å²) in [7, 11) is 0. The average Bonchev–Trinajstić information content (AvgIpc) is 1.65. The third-order valence-electron chi connectivity index (χ3n) is 0.252. The molecule has 0 heterocycles. The molecule has 0 aliphatic rings. The van der Waals surface area contributed by atoms with Crippen molar-refractivity contribution in [1.82, 2.24) is 0 Å². The van der Waals surface area contributed by atoms with Crippen LogP contribution in [0.4, 0.5) is 0 Å². The first-order valence-corrected chi connectivity index (χ1v) is 3.36. The van der Waals surface area contributed by atoms with Crippen molar-refractivity contribution >= 4 is 21.9 Å². The fourth-order valence-electron chi connectivity index (χ4n) is 0. The summed E-state index contributed by atoms with van der Waals surface area (Å²) < 4.78 is 0. The van der Waals surface area contributed by atoms with Gasteiger partial charge in [-0.05, 0) is 0 Å². The third-order valence-corrected chi connectivity index (χ3v) is 0.541. The third kappa shape index (κ3) is 75.7. The topological polar surface area (TPSA) is 57.5 Å².